The lowest BCUT2D eigenvalue weighted by Crippen LogP contribution is -2.52. The van der Waals surface area contributed by atoms with Gasteiger partial charge in [0.25, 0.3) is 0 Å². The molecule has 9 atom stereocenters. The Morgan fingerprint density at radius 2 is 1.63 bits per heavy atom. The average molecular weight is 485 g/mol. The highest BCUT2D eigenvalue weighted by Crippen LogP contribution is 2.68. The van der Waals surface area contributed by atoms with Crippen LogP contribution in [0.15, 0.2) is 11.6 Å². The topological polar surface area (TPSA) is 40.5 Å². The molecule has 4 fully saturated rings. The summed E-state index contributed by atoms with van der Waals surface area (Å²) in [6, 6.07) is 0. The molecule has 5 rings (SSSR count). The molecule has 0 spiro atoms. The highest BCUT2D eigenvalue weighted by molar-refractivity contribution is 5.27. The second kappa shape index (κ2) is 9.14. The van der Waals surface area contributed by atoms with Crippen molar-refractivity contribution in [2.24, 2.45) is 51.8 Å². The van der Waals surface area contributed by atoms with Crippen molar-refractivity contribution in [3.8, 4) is 0 Å². The molecule has 2 nitrogen and oxygen atoms in total. The Balaban J connectivity index is 1.27. The third kappa shape index (κ3) is 4.49. The van der Waals surface area contributed by atoms with E-state index in [1.807, 2.05) is 0 Å². The largest absolute Gasteiger partial charge is 0.393 e. The first kappa shape index (κ1) is 26.3. The SMILES string of the molecule is CC[C@]1(O)CC[C@@]2(C)C(=CC[C@H]3[C@@H]4CC[C@H]([C@H](C)[C@@H](O)CC5CCC(C)(C)CC5)[C@@]4(C)CC[C@@H]32)C1. The first-order valence-corrected chi connectivity index (χ1v) is 15.5. The summed E-state index contributed by atoms with van der Waals surface area (Å²) in [5.41, 5.74) is 2.35. The van der Waals surface area contributed by atoms with Crippen molar-refractivity contribution in [3.05, 3.63) is 11.6 Å². The maximum atomic E-state index is 11.4. The van der Waals surface area contributed by atoms with E-state index in [2.05, 4.69) is 47.6 Å². The molecule has 0 aromatic rings. The van der Waals surface area contributed by atoms with E-state index in [0.29, 0.717) is 28.1 Å². The summed E-state index contributed by atoms with van der Waals surface area (Å²) < 4.78 is 0. The monoisotopic (exact) mass is 484 g/mol. The molecule has 0 radical (unpaired) electrons. The van der Waals surface area contributed by atoms with E-state index in [9.17, 15) is 10.2 Å². The normalized spacial score (nSPS) is 47.3. The van der Waals surface area contributed by atoms with Crippen molar-refractivity contribution >= 4 is 0 Å². The van der Waals surface area contributed by atoms with Crippen molar-refractivity contribution in [2.45, 2.75) is 143 Å². The molecule has 5 aliphatic rings. The third-order valence-electron chi connectivity index (χ3n) is 13.3. The molecule has 0 aliphatic heterocycles. The van der Waals surface area contributed by atoms with Crippen LogP contribution in [0.2, 0.25) is 0 Å². The van der Waals surface area contributed by atoms with Crippen LogP contribution in [0, 0.1) is 51.8 Å². The summed E-state index contributed by atoms with van der Waals surface area (Å²) in [6.45, 7) is 14.6. The summed E-state index contributed by atoms with van der Waals surface area (Å²) in [5, 5.41) is 22.5. The first-order chi connectivity index (χ1) is 16.4. The van der Waals surface area contributed by atoms with Crippen molar-refractivity contribution < 1.29 is 10.2 Å². The van der Waals surface area contributed by atoms with Crippen molar-refractivity contribution in [1.82, 2.24) is 0 Å². The predicted molar refractivity (Wildman–Crippen MR) is 146 cm³/mol. The van der Waals surface area contributed by atoms with E-state index < -0.39 is 5.60 Å². The standard InChI is InChI=1S/C33H56O2/c1-7-33(35)19-18-31(5)24(21-33)8-9-25-27-11-10-26(32(27,6)17-14-28(25)31)22(2)29(34)20-23-12-15-30(3,4)16-13-23/h8,22-23,25-29,34-35H,7,9-21H2,1-6H3/t22-,25-,26+,27-,28-,29-,31-,32+,33-/m0/s1. The van der Waals surface area contributed by atoms with E-state index in [4.69, 9.17) is 0 Å². The number of allylic oxidation sites excluding steroid dienone is 1. The molecule has 2 heteroatoms. The summed E-state index contributed by atoms with van der Waals surface area (Å²) in [5.74, 6) is 4.26. The van der Waals surface area contributed by atoms with Crippen LogP contribution in [0.3, 0.4) is 0 Å². The van der Waals surface area contributed by atoms with Gasteiger partial charge in [-0.25, -0.2) is 0 Å². The van der Waals surface area contributed by atoms with Crippen LogP contribution in [0.5, 0.6) is 0 Å². The zero-order valence-corrected chi connectivity index (χ0v) is 23.9. The summed E-state index contributed by atoms with van der Waals surface area (Å²) in [7, 11) is 0. The molecule has 35 heavy (non-hydrogen) atoms. The fourth-order valence-electron chi connectivity index (χ4n) is 10.4. The van der Waals surface area contributed by atoms with Crippen molar-refractivity contribution in [2.75, 3.05) is 0 Å². The number of hydrogen-bond acceptors (Lipinski definition) is 2. The molecular weight excluding hydrogens is 428 g/mol. The predicted octanol–water partition coefficient (Wildman–Crippen LogP) is 8.31. The van der Waals surface area contributed by atoms with Gasteiger partial charge in [0.15, 0.2) is 0 Å². The minimum absolute atomic E-state index is 0.125. The van der Waals surface area contributed by atoms with Crippen molar-refractivity contribution in [3.63, 3.8) is 0 Å². The van der Waals surface area contributed by atoms with E-state index in [0.717, 1.165) is 49.4 Å². The van der Waals surface area contributed by atoms with E-state index in [1.165, 1.54) is 64.2 Å². The smallest absolute Gasteiger partial charge is 0.0682 e. The van der Waals surface area contributed by atoms with E-state index in [1.54, 1.807) is 5.57 Å². The molecule has 0 saturated heterocycles. The van der Waals surface area contributed by atoms with Gasteiger partial charge in [0.05, 0.1) is 11.7 Å². The fraction of sp³-hybridized carbons (Fsp3) is 0.939. The molecule has 0 aromatic carbocycles. The van der Waals surface area contributed by atoms with E-state index in [-0.39, 0.29) is 6.10 Å². The van der Waals surface area contributed by atoms with Gasteiger partial charge in [0.2, 0.25) is 0 Å². The molecule has 0 aromatic heterocycles. The molecular formula is C33H56O2. The maximum Gasteiger partial charge on any atom is 0.0682 e. The van der Waals surface area contributed by atoms with Crippen LogP contribution in [0.4, 0.5) is 0 Å². The number of fused-ring (bicyclic) bond motifs is 5. The van der Waals surface area contributed by atoms with Gasteiger partial charge in [-0.05, 0) is 142 Å². The van der Waals surface area contributed by atoms with Gasteiger partial charge in [0, 0.05) is 0 Å². The quantitative estimate of drug-likeness (QED) is 0.385. The third-order valence-corrected chi connectivity index (χ3v) is 13.3. The van der Waals surface area contributed by atoms with Crippen LogP contribution in [0.1, 0.15) is 131 Å². The number of rotatable bonds is 5. The summed E-state index contributed by atoms with van der Waals surface area (Å²) in [6.07, 6.45) is 19.3. The maximum absolute atomic E-state index is 11.4. The molecule has 0 bridgehead atoms. The fourth-order valence-corrected chi connectivity index (χ4v) is 10.4. The van der Waals surface area contributed by atoms with Gasteiger partial charge in [0.1, 0.15) is 0 Å². The lowest BCUT2D eigenvalue weighted by Gasteiger charge is -2.59. The Morgan fingerprint density at radius 3 is 2.31 bits per heavy atom. The van der Waals surface area contributed by atoms with E-state index >= 15 is 0 Å². The van der Waals surface area contributed by atoms with Gasteiger partial charge >= 0.3 is 0 Å². The molecule has 0 amide bonds. The highest BCUT2D eigenvalue weighted by Gasteiger charge is 2.60. The van der Waals surface area contributed by atoms with Gasteiger partial charge in [-0.1, -0.05) is 53.2 Å². The lowest BCUT2D eigenvalue weighted by atomic mass is 9.46. The minimum atomic E-state index is -0.459. The number of aliphatic hydroxyl groups excluding tert-OH is 1. The van der Waals surface area contributed by atoms with Gasteiger partial charge < -0.3 is 10.2 Å². The van der Waals surface area contributed by atoms with Crippen LogP contribution >= 0.6 is 0 Å². The van der Waals surface area contributed by atoms with Crippen LogP contribution in [0.25, 0.3) is 0 Å². The molecule has 0 heterocycles. The molecule has 2 N–H and O–H groups in total. The Morgan fingerprint density at radius 1 is 0.914 bits per heavy atom. The Hall–Kier alpha value is -0.340. The van der Waals surface area contributed by atoms with Gasteiger partial charge in [-0.15, -0.1) is 0 Å². The lowest BCUT2D eigenvalue weighted by molar-refractivity contribution is -0.0827. The van der Waals surface area contributed by atoms with Gasteiger partial charge in [-0.3, -0.25) is 0 Å². The second-order valence-electron chi connectivity index (χ2n) is 15.5. The Labute approximate surface area is 216 Å². The zero-order chi connectivity index (χ0) is 25.2. The summed E-state index contributed by atoms with van der Waals surface area (Å²) >= 11 is 0. The second-order valence-corrected chi connectivity index (χ2v) is 15.5. The average Bonchev–Trinajstić information content (AvgIpc) is 3.17. The summed E-state index contributed by atoms with van der Waals surface area (Å²) in [4.78, 5) is 0. The highest BCUT2D eigenvalue weighted by atomic mass is 16.3. The van der Waals surface area contributed by atoms with Crippen molar-refractivity contribution in [1.29, 1.82) is 0 Å². The Bertz CT molecular complexity index is 804. The zero-order valence-electron chi connectivity index (χ0n) is 23.9. The Kier molecular flexibility index (Phi) is 6.86. The van der Waals surface area contributed by atoms with Crippen LogP contribution in [-0.2, 0) is 0 Å². The van der Waals surface area contributed by atoms with Gasteiger partial charge in [-0.2, -0.15) is 0 Å². The number of aliphatic hydroxyl groups is 2. The molecule has 0 unspecified atom stereocenters. The first-order valence-electron chi connectivity index (χ1n) is 15.5. The molecule has 5 aliphatic carbocycles. The molecule has 200 valence electrons. The van der Waals surface area contributed by atoms with Crippen LogP contribution in [-0.4, -0.2) is 21.9 Å². The number of hydrogen-bond donors (Lipinski definition) is 2. The van der Waals surface area contributed by atoms with Crippen LogP contribution < -0.4 is 0 Å². The molecule has 4 saturated carbocycles. The minimum Gasteiger partial charge on any atom is -0.393 e.